The smallest absolute Gasteiger partial charge is 0.471 e. The highest BCUT2D eigenvalue weighted by Gasteiger charge is 2.42. The molecule has 1 heterocycles. The van der Waals surface area contributed by atoms with E-state index >= 15 is 0 Å². The van der Waals surface area contributed by atoms with Crippen molar-refractivity contribution in [2.75, 3.05) is 0 Å². The number of carboxylic acid groups (broad SMARTS) is 1. The van der Waals surface area contributed by atoms with Crippen LogP contribution in [0.4, 0.5) is 13.2 Å². The van der Waals surface area contributed by atoms with Crippen LogP contribution in [0.15, 0.2) is 24.5 Å². The van der Waals surface area contributed by atoms with Crippen LogP contribution >= 0.6 is 0 Å². The minimum Gasteiger partial charge on any atom is -0.480 e. The number of rotatable bonds is 4. The van der Waals surface area contributed by atoms with E-state index in [1.165, 1.54) is 23.6 Å². The lowest BCUT2D eigenvalue weighted by atomic mass is 10.0. The van der Waals surface area contributed by atoms with E-state index in [1.54, 1.807) is 0 Å². The number of amides is 1. The summed E-state index contributed by atoms with van der Waals surface area (Å²) in [6, 6.07) is 0.509. The number of alkyl halides is 3. The van der Waals surface area contributed by atoms with Gasteiger partial charge >= 0.3 is 18.1 Å². The van der Waals surface area contributed by atoms with Crippen LogP contribution in [0.5, 0.6) is 0 Å². The molecule has 0 saturated heterocycles. The van der Waals surface area contributed by atoms with Crippen LogP contribution in [-0.4, -0.2) is 39.3 Å². The Hall–Kier alpha value is -2.16. The van der Waals surface area contributed by atoms with Crippen molar-refractivity contribution in [3.05, 3.63) is 30.1 Å². The van der Waals surface area contributed by atoms with Crippen molar-refractivity contribution in [1.29, 1.82) is 0 Å². The predicted octanol–water partition coefficient (Wildman–Crippen LogP) is 0.247. The Morgan fingerprint density at radius 2 is 2.00 bits per heavy atom. The van der Waals surface area contributed by atoms with E-state index in [1.807, 2.05) is 0 Å². The third-order valence-corrected chi connectivity index (χ3v) is 2.15. The van der Waals surface area contributed by atoms with Crippen molar-refractivity contribution in [2.45, 2.75) is 18.3 Å². The summed E-state index contributed by atoms with van der Waals surface area (Å²) in [6.07, 6.45) is -4.67. The first-order valence-electron chi connectivity index (χ1n) is 4.92. The Kier molecular flexibility index (Phi) is 4.43. The van der Waals surface area contributed by atoms with Crippen molar-refractivity contribution < 1.29 is 33.0 Å². The van der Waals surface area contributed by atoms with Crippen LogP contribution in [0.1, 0.15) is 11.7 Å². The van der Waals surface area contributed by atoms with Gasteiger partial charge in [0.25, 0.3) is 0 Å². The van der Waals surface area contributed by atoms with E-state index in [2.05, 4.69) is 4.98 Å². The first-order chi connectivity index (χ1) is 8.73. The number of aliphatic hydroxyl groups is 1. The zero-order valence-electron chi connectivity index (χ0n) is 9.26. The Bertz CT molecular complexity index is 464. The predicted molar refractivity (Wildman–Crippen MR) is 54.8 cm³/mol. The maximum Gasteiger partial charge on any atom is 0.471 e. The molecule has 0 radical (unpaired) electrons. The highest BCUT2D eigenvalue weighted by Crippen LogP contribution is 2.19. The lowest BCUT2D eigenvalue weighted by molar-refractivity contribution is -0.176. The number of carbonyl (C=O) groups excluding carboxylic acids is 1. The summed E-state index contributed by atoms with van der Waals surface area (Å²) in [5.74, 6) is -4.24. The minimum absolute atomic E-state index is 0.0302. The van der Waals surface area contributed by atoms with Gasteiger partial charge in [0.15, 0.2) is 6.04 Å². The summed E-state index contributed by atoms with van der Waals surface area (Å²) < 4.78 is 36.1. The maximum absolute atomic E-state index is 12.0. The van der Waals surface area contributed by atoms with Gasteiger partial charge in [-0.3, -0.25) is 9.78 Å². The Morgan fingerprint density at radius 1 is 1.37 bits per heavy atom. The van der Waals surface area contributed by atoms with Crippen molar-refractivity contribution in [2.24, 2.45) is 0 Å². The van der Waals surface area contributed by atoms with Crippen molar-refractivity contribution >= 4 is 11.9 Å². The van der Waals surface area contributed by atoms with Crippen molar-refractivity contribution in [3.8, 4) is 0 Å². The molecule has 0 aliphatic heterocycles. The Labute approximate surface area is 104 Å². The third kappa shape index (κ3) is 3.91. The molecule has 1 aromatic heterocycles. The molecular formula is C10H9F3N2O4. The second-order valence-corrected chi connectivity index (χ2v) is 3.52. The quantitative estimate of drug-likeness (QED) is 0.733. The number of carbonyl (C=O) groups is 2. The van der Waals surface area contributed by atoms with Crippen LogP contribution in [0.25, 0.3) is 0 Å². The molecule has 0 fully saturated rings. The lowest BCUT2D eigenvalue weighted by Gasteiger charge is -2.21. The van der Waals surface area contributed by atoms with Crippen LogP contribution in [0, 0.1) is 0 Å². The van der Waals surface area contributed by atoms with Crippen molar-refractivity contribution in [3.63, 3.8) is 0 Å². The molecule has 1 aromatic rings. The van der Waals surface area contributed by atoms with E-state index in [4.69, 9.17) is 5.11 Å². The van der Waals surface area contributed by atoms with Crippen LogP contribution < -0.4 is 5.32 Å². The summed E-state index contributed by atoms with van der Waals surface area (Å²) >= 11 is 0. The fourth-order valence-corrected chi connectivity index (χ4v) is 1.24. The van der Waals surface area contributed by atoms with E-state index in [-0.39, 0.29) is 5.56 Å². The molecule has 0 spiro atoms. The largest absolute Gasteiger partial charge is 0.480 e. The molecule has 3 N–H and O–H groups in total. The summed E-state index contributed by atoms with van der Waals surface area (Å²) in [5.41, 5.74) is -0.0302. The molecule has 0 aliphatic carbocycles. The fourth-order valence-electron chi connectivity index (χ4n) is 1.24. The van der Waals surface area contributed by atoms with Gasteiger partial charge in [-0.25, -0.2) is 4.79 Å². The summed E-state index contributed by atoms with van der Waals surface area (Å²) in [7, 11) is 0. The number of halogens is 3. The first-order valence-corrected chi connectivity index (χ1v) is 4.92. The number of nitrogens with one attached hydrogen (secondary N) is 1. The normalized spacial score (nSPS) is 14.5. The van der Waals surface area contributed by atoms with Crippen LogP contribution in [0.2, 0.25) is 0 Å². The molecular weight excluding hydrogens is 269 g/mol. The number of hydrogen-bond acceptors (Lipinski definition) is 4. The standard InChI is InChI=1S/C10H9F3N2O4/c11-10(12,13)9(19)15-6(8(17)18)7(16)5-2-1-3-14-4-5/h1-4,6-7,16H,(H,15,19)(H,17,18). The highest BCUT2D eigenvalue weighted by molar-refractivity contribution is 5.87. The molecule has 104 valence electrons. The molecule has 0 aliphatic rings. The average Bonchev–Trinajstić information content (AvgIpc) is 2.34. The number of hydrogen-bond donors (Lipinski definition) is 3. The Morgan fingerprint density at radius 3 is 2.42 bits per heavy atom. The number of aliphatic hydroxyl groups excluding tert-OH is 1. The first kappa shape index (κ1) is 14.9. The maximum atomic E-state index is 12.0. The molecule has 0 saturated carbocycles. The molecule has 2 unspecified atom stereocenters. The molecule has 19 heavy (non-hydrogen) atoms. The zero-order valence-corrected chi connectivity index (χ0v) is 9.26. The van der Waals surface area contributed by atoms with Gasteiger partial charge < -0.3 is 15.5 Å². The highest BCUT2D eigenvalue weighted by atomic mass is 19.4. The van der Waals surface area contributed by atoms with Gasteiger partial charge in [0, 0.05) is 18.0 Å². The van der Waals surface area contributed by atoms with E-state index < -0.39 is 30.2 Å². The van der Waals surface area contributed by atoms with Gasteiger partial charge in [0.1, 0.15) is 6.10 Å². The monoisotopic (exact) mass is 278 g/mol. The zero-order chi connectivity index (χ0) is 14.6. The van der Waals surface area contributed by atoms with Gasteiger partial charge in [0.2, 0.25) is 0 Å². The number of carboxylic acids is 1. The summed E-state index contributed by atoms with van der Waals surface area (Å²) in [6.45, 7) is 0. The minimum atomic E-state index is -5.23. The van der Waals surface area contributed by atoms with Crippen LogP contribution in [-0.2, 0) is 9.59 Å². The number of aromatic nitrogens is 1. The average molecular weight is 278 g/mol. The van der Waals surface area contributed by atoms with E-state index in [9.17, 15) is 27.9 Å². The molecule has 2 atom stereocenters. The fraction of sp³-hybridized carbons (Fsp3) is 0.300. The third-order valence-electron chi connectivity index (χ3n) is 2.15. The SMILES string of the molecule is O=C(O)C(NC(=O)C(F)(F)F)C(O)c1cccnc1. The molecule has 9 heteroatoms. The summed E-state index contributed by atoms with van der Waals surface area (Å²) in [4.78, 5) is 25.1. The second-order valence-electron chi connectivity index (χ2n) is 3.52. The second kappa shape index (κ2) is 5.65. The molecule has 1 amide bonds. The lowest BCUT2D eigenvalue weighted by Crippen LogP contribution is -2.49. The van der Waals surface area contributed by atoms with Gasteiger partial charge in [-0.15, -0.1) is 0 Å². The molecule has 0 aromatic carbocycles. The topological polar surface area (TPSA) is 99.5 Å². The van der Waals surface area contributed by atoms with Gasteiger partial charge in [0.05, 0.1) is 0 Å². The van der Waals surface area contributed by atoms with Crippen molar-refractivity contribution in [1.82, 2.24) is 10.3 Å². The van der Waals surface area contributed by atoms with Gasteiger partial charge in [-0.05, 0) is 6.07 Å². The van der Waals surface area contributed by atoms with Gasteiger partial charge in [-0.1, -0.05) is 6.07 Å². The van der Waals surface area contributed by atoms with E-state index in [0.29, 0.717) is 0 Å². The molecule has 1 rings (SSSR count). The van der Waals surface area contributed by atoms with E-state index in [0.717, 1.165) is 6.20 Å². The number of aliphatic carboxylic acids is 1. The molecule has 6 nitrogen and oxygen atoms in total. The number of pyridine rings is 1. The number of nitrogens with zero attached hydrogens (tertiary/aromatic N) is 1. The molecule has 0 bridgehead atoms. The van der Waals surface area contributed by atoms with Gasteiger partial charge in [-0.2, -0.15) is 13.2 Å². The summed E-state index contributed by atoms with van der Waals surface area (Å²) in [5, 5.41) is 19.6. The Balaban J connectivity index is 2.90. The van der Waals surface area contributed by atoms with Crippen LogP contribution in [0.3, 0.4) is 0 Å².